The Morgan fingerprint density at radius 3 is 2.53 bits per heavy atom. The van der Waals surface area contributed by atoms with E-state index in [1.165, 1.54) is 11.6 Å². The van der Waals surface area contributed by atoms with Crippen LogP contribution in [0, 0.1) is 0 Å². The van der Waals surface area contributed by atoms with Crippen LogP contribution in [0.2, 0.25) is 0 Å². The molecule has 1 heterocycles. The van der Waals surface area contributed by atoms with E-state index in [1.807, 2.05) is 18.2 Å². The third kappa shape index (κ3) is 1.62. The molecule has 1 saturated carbocycles. The summed E-state index contributed by atoms with van der Waals surface area (Å²) in [7, 11) is 0. The van der Waals surface area contributed by atoms with Crippen molar-refractivity contribution in [3.05, 3.63) is 58.1 Å². The summed E-state index contributed by atoms with van der Waals surface area (Å²) in [4.78, 5) is 18.5. The van der Waals surface area contributed by atoms with Crippen molar-refractivity contribution < 1.29 is 0 Å². The number of hydrogen-bond acceptors (Lipinski definition) is 3. The molecule has 0 unspecified atom stereocenters. The maximum absolute atomic E-state index is 11.4. The fraction of sp³-hybridized carbons (Fsp3) is 0.231. The zero-order valence-corrected chi connectivity index (χ0v) is 9.31. The molecule has 0 bridgehead atoms. The summed E-state index contributed by atoms with van der Waals surface area (Å²) in [5.41, 5.74) is 6.50. The molecule has 0 aliphatic heterocycles. The van der Waals surface area contributed by atoms with E-state index < -0.39 is 0 Å². The van der Waals surface area contributed by atoms with Gasteiger partial charge in [-0.2, -0.15) is 0 Å². The van der Waals surface area contributed by atoms with Crippen LogP contribution in [0.15, 0.2) is 41.2 Å². The van der Waals surface area contributed by atoms with E-state index in [0.717, 1.165) is 12.8 Å². The SMILES string of the molecule is Nc1cc(=O)[nH]c(C2(c3ccccc3)CC2)n1. The van der Waals surface area contributed by atoms with E-state index in [1.54, 1.807) is 0 Å². The highest BCUT2D eigenvalue weighted by Crippen LogP contribution is 2.51. The maximum Gasteiger partial charge on any atom is 0.252 e. The summed E-state index contributed by atoms with van der Waals surface area (Å²) in [6, 6.07) is 11.4. The molecule has 4 heteroatoms. The highest BCUT2D eigenvalue weighted by Gasteiger charge is 2.48. The van der Waals surface area contributed by atoms with Crippen molar-refractivity contribution in [1.29, 1.82) is 0 Å². The topological polar surface area (TPSA) is 71.8 Å². The number of benzene rings is 1. The van der Waals surface area contributed by atoms with Gasteiger partial charge in [0, 0.05) is 6.07 Å². The average Bonchev–Trinajstić information content (AvgIpc) is 3.10. The van der Waals surface area contributed by atoms with E-state index in [2.05, 4.69) is 22.1 Å². The highest BCUT2D eigenvalue weighted by molar-refractivity contribution is 5.41. The molecule has 86 valence electrons. The fourth-order valence-electron chi connectivity index (χ4n) is 2.25. The minimum absolute atomic E-state index is 0.129. The minimum Gasteiger partial charge on any atom is -0.383 e. The summed E-state index contributed by atoms with van der Waals surface area (Å²) in [6.45, 7) is 0. The number of nitrogen functional groups attached to an aromatic ring is 1. The smallest absolute Gasteiger partial charge is 0.252 e. The quantitative estimate of drug-likeness (QED) is 0.815. The molecule has 0 radical (unpaired) electrons. The molecule has 1 aliphatic carbocycles. The molecule has 4 nitrogen and oxygen atoms in total. The van der Waals surface area contributed by atoms with Crippen LogP contribution >= 0.6 is 0 Å². The first kappa shape index (κ1) is 10.1. The Hall–Kier alpha value is -2.10. The van der Waals surface area contributed by atoms with Gasteiger partial charge >= 0.3 is 0 Å². The van der Waals surface area contributed by atoms with Crippen molar-refractivity contribution in [3.8, 4) is 0 Å². The summed E-state index contributed by atoms with van der Waals surface area (Å²) < 4.78 is 0. The highest BCUT2D eigenvalue weighted by atomic mass is 16.1. The number of nitrogens with two attached hydrogens (primary N) is 1. The lowest BCUT2D eigenvalue weighted by molar-refractivity contribution is 0.750. The van der Waals surface area contributed by atoms with E-state index in [-0.39, 0.29) is 16.8 Å². The first-order valence-electron chi connectivity index (χ1n) is 5.64. The van der Waals surface area contributed by atoms with Crippen LogP contribution in [-0.4, -0.2) is 9.97 Å². The second kappa shape index (κ2) is 3.45. The zero-order valence-electron chi connectivity index (χ0n) is 9.31. The summed E-state index contributed by atoms with van der Waals surface area (Å²) >= 11 is 0. The average molecular weight is 227 g/mol. The molecule has 1 fully saturated rings. The third-order valence-electron chi connectivity index (χ3n) is 3.29. The van der Waals surface area contributed by atoms with Crippen molar-refractivity contribution in [2.45, 2.75) is 18.3 Å². The number of anilines is 1. The second-order valence-corrected chi connectivity index (χ2v) is 4.47. The van der Waals surface area contributed by atoms with Crippen molar-refractivity contribution in [2.24, 2.45) is 0 Å². The fourth-order valence-corrected chi connectivity index (χ4v) is 2.25. The van der Waals surface area contributed by atoms with Crippen LogP contribution in [0.4, 0.5) is 5.82 Å². The Balaban J connectivity index is 2.12. The summed E-state index contributed by atoms with van der Waals surface area (Å²) in [6.07, 6.45) is 2.01. The number of hydrogen-bond donors (Lipinski definition) is 2. The maximum atomic E-state index is 11.4. The van der Waals surface area contributed by atoms with Gasteiger partial charge < -0.3 is 10.7 Å². The lowest BCUT2D eigenvalue weighted by Crippen LogP contribution is -2.20. The molecule has 0 amide bonds. The lowest BCUT2D eigenvalue weighted by Gasteiger charge is -2.14. The van der Waals surface area contributed by atoms with Crippen molar-refractivity contribution in [3.63, 3.8) is 0 Å². The molecule has 17 heavy (non-hydrogen) atoms. The number of aromatic amines is 1. The van der Waals surface area contributed by atoms with Gasteiger partial charge in [-0.3, -0.25) is 4.79 Å². The Labute approximate surface area is 98.5 Å². The molecular formula is C13H13N3O. The van der Waals surface area contributed by atoms with Crippen LogP contribution in [0.5, 0.6) is 0 Å². The molecule has 1 aliphatic rings. The van der Waals surface area contributed by atoms with Crippen LogP contribution in [0.1, 0.15) is 24.2 Å². The van der Waals surface area contributed by atoms with Gasteiger partial charge in [0.1, 0.15) is 11.6 Å². The summed E-state index contributed by atoms with van der Waals surface area (Å²) in [5.74, 6) is 0.972. The predicted octanol–water partition coefficient (Wildman–Crippen LogP) is 1.43. The first-order valence-corrected chi connectivity index (χ1v) is 5.64. The zero-order chi connectivity index (χ0) is 11.9. The van der Waals surface area contributed by atoms with Gasteiger partial charge in [0.2, 0.25) is 0 Å². The van der Waals surface area contributed by atoms with Gasteiger partial charge in [-0.05, 0) is 18.4 Å². The van der Waals surface area contributed by atoms with Crippen LogP contribution in [-0.2, 0) is 5.41 Å². The van der Waals surface area contributed by atoms with Crippen molar-refractivity contribution >= 4 is 5.82 Å². The van der Waals surface area contributed by atoms with Crippen LogP contribution in [0.3, 0.4) is 0 Å². The van der Waals surface area contributed by atoms with Crippen molar-refractivity contribution in [1.82, 2.24) is 9.97 Å². The molecule has 3 rings (SSSR count). The Morgan fingerprint density at radius 1 is 1.24 bits per heavy atom. The first-order chi connectivity index (χ1) is 8.21. The standard InChI is InChI=1S/C13H13N3O/c14-10-8-11(17)16-12(15-10)13(6-7-13)9-4-2-1-3-5-9/h1-5,8H,6-7H2,(H3,14,15,16,17). The Morgan fingerprint density at radius 2 is 1.94 bits per heavy atom. The third-order valence-corrected chi connectivity index (χ3v) is 3.29. The molecule has 0 atom stereocenters. The van der Waals surface area contributed by atoms with E-state index in [4.69, 9.17) is 5.73 Å². The van der Waals surface area contributed by atoms with E-state index >= 15 is 0 Å². The summed E-state index contributed by atoms with van der Waals surface area (Å²) in [5, 5.41) is 0. The van der Waals surface area contributed by atoms with Crippen LogP contribution in [0.25, 0.3) is 0 Å². The molecule has 1 aromatic carbocycles. The normalized spacial score (nSPS) is 16.7. The second-order valence-electron chi connectivity index (χ2n) is 4.47. The molecule has 0 spiro atoms. The van der Waals surface area contributed by atoms with Gasteiger partial charge in [0.15, 0.2) is 0 Å². The molecule has 0 saturated heterocycles. The molecule has 3 N–H and O–H groups in total. The number of rotatable bonds is 2. The van der Waals surface area contributed by atoms with Gasteiger partial charge in [-0.15, -0.1) is 0 Å². The van der Waals surface area contributed by atoms with Gasteiger partial charge in [-0.25, -0.2) is 4.98 Å². The number of aromatic nitrogens is 2. The monoisotopic (exact) mass is 227 g/mol. The largest absolute Gasteiger partial charge is 0.383 e. The Kier molecular flexibility index (Phi) is 2.04. The minimum atomic E-state index is -0.185. The van der Waals surface area contributed by atoms with Crippen LogP contribution < -0.4 is 11.3 Å². The number of H-pyrrole nitrogens is 1. The molecule has 1 aromatic heterocycles. The molecular weight excluding hydrogens is 214 g/mol. The number of nitrogens with one attached hydrogen (secondary N) is 1. The molecule has 2 aromatic rings. The van der Waals surface area contributed by atoms with Gasteiger partial charge in [-0.1, -0.05) is 30.3 Å². The van der Waals surface area contributed by atoms with E-state index in [0.29, 0.717) is 5.82 Å². The number of nitrogens with zero attached hydrogens (tertiary/aromatic N) is 1. The van der Waals surface area contributed by atoms with E-state index in [9.17, 15) is 4.79 Å². The Bertz CT molecular complexity index is 600. The lowest BCUT2D eigenvalue weighted by atomic mass is 9.95. The van der Waals surface area contributed by atoms with Crippen molar-refractivity contribution in [2.75, 3.05) is 5.73 Å². The predicted molar refractivity (Wildman–Crippen MR) is 65.7 cm³/mol. The van der Waals surface area contributed by atoms with Gasteiger partial charge in [0.05, 0.1) is 5.41 Å². The van der Waals surface area contributed by atoms with Gasteiger partial charge in [0.25, 0.3) is 5.56 Å².